The molecule has 0 unspecified atom stereocenters. The van der Waals surface area contributed by atoms with Crippen molar-refractivity contribution in [3.8, 4) is 0 Å². The minimum atomic E-state index is 0.840. The highest BCUT2D eigenvalue weighted by molar-refractivity contribution is 5.45. The molecule has 3 heterocycles. The largest absolute Gasteiger partial charge is 0.363 e. The Morgan fingerprint density at radius 2 is 1.75 bits per heavy atom. The smallest absolute Gasteiger partial charge is 0.227 e. The highest BCUT2D eigenvalue weighted by atomic mass is 15.3. The molecule has 0 saturated carbocycles. The Morgan fingerprint density at radius 1 is 1.04 bits per heavy atom. The Labute approximate surface area is 143 Å². The van der Waals surface area contributed by atoms with Gasteiger partial charge in [0.1, 0.15) is 5.82 Å². The van der Waals surface area contributed by atoms with Crippen molar-refractivity contribution in [2.75, 3.05) is 50.1 Å². The number of aryl methyl sites for hydroxylation is 3. The molecule has 7 nitrogen and oxygen atoms in total. The highest BCUT2D eigenvalue weighted by Crippen LogP contribution is 2.18. The van der Waals surface area contributed by atoms with E-state index in [0.717, 1.165) is 55.9 Å². The second-order valence-corrected chi connectivity index (χ2v) is 6.73. The molecular formula is C17H27N7. The van der Waals surface area contributed by atoms with E-state index in [1.165, 1.54) is 5.69 Å². The van der Waals surface area contributed by atoms with Crippen LogP contribution in [0.5, 0.6) is 0 Å². The topological polar surface area (TPSA) is 53.3 Å². The number of hydrogen-bond acceptors (Lipinski definition) is 6. The first-order chi connectivity index (χ1) is 11.4. The van der Waals surface area contributed by atoms with Crippen molar-refractivity contribution in [2.45, 2.75) is 20.4 Å². The van der Waals surface area contributed by atoms with Crippen molar-refractivity contribution in [3.05, 3.63) is 29.2 Å². The van der Waals surface area contributed by atoms with E-state index in [1.807, 2.05) is 43.7 Å². The third kappa shape index (κ3) is 3.67. The van der Waals surface area contributed by atoms with Gasteiger partial charge in [0, 0.05) is 71.3 Å². The van der Waals surface area contributed by atoms with Crippen molar-refractivity contribution in [1.29, 1.82) is 0 Å². The first-order valence-electron chi connectivity index (χ1n) is 8.42. The molecule has 1 aliphatic heterocycles. The van der Waals surface area contributed by atoms with Gasteiger partial charge in [0.25, 0.3) is 0 Å². The predicted molar refractivity (Wildman–Crippen MR) is 96.5 cm³/mol. The van der Waals surface area contributed by atoms with Crippen LogP contribution in [0.3, 0.4) is 0 Å². The summed E-state index contributed by atoms with van der Waals surface area (Å²) in [6.45, 7) is 8.93. The van der Waals surface area contributed by atoms with E-state index in [9.17, 15) is 0 Å². The molecule has 0 spiro atoms. The molecule has 0 aromatic carbocycles. The van der Waals surface area contributed by atoms with Gasteiger partial charge in [0.05, 0.1) is 5.69 Å². The summed E-state index contributed by atoms with van der Waals surface area (Å²) in [6.07, 6.45) is 0. The lowest BCUT2D eigenvalue weighted by Gasteiger charge is -2.34. The molecular weight excluding hydrogens is 302 g/mol. The summed E-state index contributed by atoms with van der Waals surface area (Å²) in [5.74, 6) is 1.80. The molecule has 1 saturated heterocycles. The molecule has 0 aliphatic carbocycles. The molecule has 3 rings (SSSR count). The normalized spacial score (nSPS) is 15.8. The summed E-state index contributed by atoms with van der Waals surface area (Å²) in [5, 5.41) is 4.56. The average Bonchev–Trinajstić information content (AvgIpc) is 2.85. The zero-order valence-corrected chi connectivity index (χ0v) is 15.3. The molecule has 0 radical (unpaired) electrons. The number of hydrogen-bond donors (Lipinski definition) is 0. The summed E-state index contributed by atoms with van der Waals surface area (Å²) < 4.78 is 1.94. The molecule has 1 fully saturated rings. The van der Waals surface area contributed by atoms with Gasteiger partial charge in [-0.3, -0.25) is 9.58 Å². The Kier molecular flexibility index (Phi) is 4.71. The maximum absolute atomic E-state index is 4.69. The van der Waals surface area contributed by atoms with Gasteiger partial charge in [-0.25, -0.2) is 4.98 Å². The fraction of sp³-hybridized carbons (Fsp3) is 0.588. The summed E-state index contributed by atoms with van der Waals surface area (Å²) in [6, 6.07) is 4.18. The molecule has 0 atom stereocenters. The van der Waals surface area contributed by atoms with E-state index in [-0.39, 0.29) is 0 Å². The van der Waals surface area contributed by atoms with E-state index >= 15 is 0 Å². The minimum absolute atomic E-state index is 0.840. The van der Waals surface area contributed by atoms with Gasteiger partial charge in [0.15, 0.2) is 0 Å². The molecule has 2 aromatic rings. The SMILES string of the molecule is Cc1cc(N(C)C)nc(N2CCN(Cc3cc(C)n(C)n3)CC2)n1. The van der Waals surface area contributed by atoms with Gasteiger partial charge in [0.2, 0.25) is 5.95 Å². The number of rotatable bonds is 4. The molecule has 7 heteroatoms. The second kappa shape index (κ2) is 6.76. The lowest BCUT2D eigenvalue weighted by Crippen LogP contribution is -2.46. The van der Waals surface area contributed by atoms with Crippen molar-refractivity contribution < 1.29 is 0 Å². The molecule has 130 valence electrons. The van der Waals surface area contributed by atoms with Crippen LogP contribution in [0.2, 0.25) is 0 Å². The summed E-state index contributed by atoms with van der Waals surface area (Å²) in [4.78, 5) is 16.1. The van der Waals surface area contributed by atoms with Crippen LogP contribution < -0.4 is 9.80 Å². The molecule has 2 aromatic heterocycles. The fourth-order valence-electron chi connectivity index (χ4n) is 2.95. The first-order valence-corrected chi connectivity index (χ1v) is 8.42. The van der Waals surface area contributed by atoms with Gasteiger partial charge < -0.3 is 9.80 Å². The maximum Gasteiger partial charge on any atom is 0.227 e. The first kappa shape index (κ1) is 16.7. The lowest BCUT2D eigenvalue weighted by atomic mass is 10.3. The molecule has 0 amide bonds. The lowest BCUT2D eigenvalue weighted by molar-refractivity contribution is 0.245. The van der Waals surface area contributed by atoms with Crippen molar-refractivity contribution in [3.63, 3.8) is 0 Å². The van der Waals surface area contributed by atoms with Crippen LogP contribution in [0.4, 0.5) is 11.8 Å². The van der Waals surface area contributed by atoms with E-state index in [1.54, 1.807) is 0 Å². The van der Waals surface area contributed by atoms with E-state index in [2.05, 4.69) is 37.9 Å². The zero-order chi connectivity index (χ0) is 17.3. The number of aromatic nitrogens is 4. The van der Waals surface area contributed by atoms with Gasteiger partial charge in [-0.1, -0.05) is 0 Å². The Hall–Kier alpha value is -2.15. The van der Waals surface area contributed by atoms with Crippen molar-refractivity contribution >= 4 is 11.8 Å². The zero-order valence-electron chi connectivity index (χ0n) is 15.3. The van der Waals surface area contributed by atoms with Crippen LogP contribution in [0.15, 0.2) is 12.1 Å². The Morgan fingerprint density at radius 3 is 2.33 bits per heavy atom. The average molecular weight is 329 g/mol. The number of nitrogens with zero attached hydrogens (tertiary/aromatic N) is 7. The van der Waals surface area contributed by atoms with Crippen LogP contribution in [0.1, 0.15) is 17.1 Å². The number of piperazine rings is 1. The molecule has 0 N–H and O–H groups in total. The summed E-state index contributed by atoms with van der Waals surface area (Å²) in [5.41, 5.74) is 3.35. The molecule has 0 bridgehead atoms. The highest BCUT2D eigenvalue weighted by Gasteiger charge is 2.20. The standard InChI is InChI=1S/C17H27N7/c1-13-10-16(21(3)4)19-17(18-13)24-8-6-23(7-9-24)12-15-11-14(2)22(5)20-15/h10-11H,6-9,12H2,1-5H3. The summed E-state index contributed by atoms with van der Waals surface area (Å²) in [7, 11) is 6.02. The van der Waals surface area contributed by atoms with Crippen molar-refractivity contribution in [2.24, 2.45) is 7.05 Å². The van der Waals surface area contributed by atoms with Crippen LogP contribution in [0.25, 0.3) is 0 Å². The van der Waals surface area contributed by atoms with Crippen LogP contribution in [-0.2, 0) is 13.6 Å². The van der Waals surface area contributed by atoms with Crippen LogP contribution in [0, 0.1) is 13.8 Å². The van der Waals surface area contributed by atoms with E-state index in [0.29, 0.717) is 0 Å². The minimum Gasteiger partial charge on any atom is -0.363 e. The maximum atomic E-state index is 4.69. The quantitative estimate of drug-likeness (QED) is 0.841. The monoisotopic (exact) mass is 329 g/mol. The summed E-state index contributed by atoms with van der Waals surface area (Å²) >= 11 is 0. The fourth-order valence-corrected chi connectivity index (χ4v) is 2.95. The third-order valence-corrected chi connectivity index (χ3v) is 4.49. The van der Waals surface area contributed by atoms with Gasteiger partial charge in [-0.05, 0) is 19.9 Å². The molecule has 1 aliphatic rings. The van der Waals surface area contributed by atoms with Gasteiger partial charge in [-0.2, -0.15) is 10.1 Å². The Balaban J connectivity index is 1.62. The third-order valence-electron chi connectivity index (χ3n) is 4.49. The molecule has 24 heavy (non-hydrogen) atoms. The second-order valence-electron chi connectivity index (χ2n) is 6.73. The van der Waals surface area contributed by atoms with Crippen LogP contribution in [-0.4, -0.2) is 64.9 Å². The number of anilines is 2. The van der Waals surface area contributed by atoms with E-state index < -0.39 is 0 Å². The Bertz CT molecular complexity index is 679. The van der Waals surface area contributed by atoms with Gasteiger partial charge >= 0.3 is 0 Å². The van der Waals surface area contributed by atoms with Crippen molar-refractivity contribution in [1.82, 2.24) is 24.6 Å². The van der Waals surface area contributed by atoms with Crippen LogP contribution >= 0.6 is 0 Å². The van der Waals surface area contributed by atoms with Gasteiger partial charge in [-0.15, -0.1) is 0 Å². The predicted octanol–water partition coefficient (Wildman–Crippen LogP) is 1.22. The van der Waals surface area contributed by atoms with E-state index in [4.69, 9.17) is 0 Å².